The molecule has 0 amide bonds. The molecule has 0 radical (unpaired) electrons. The van der Waals surface area contributed by atoms with Gasteiger partial charge >= 0.3 is 0 Å². The number of hydrogen-bond donors (Lipinski definition) is 1. The van der Waals surface area contributed by atoms with Crippen LogP contribution < -0.4 is 9.47 Å². The first-order chi connectivity index (χ1) is 15.5. The average molecular weight is 539 g/mol. The first-order valence-electron chi connectivity index (χ1n) is 9.80. The van der Waals surface area contributed by atoms with Crippen molar-refractivity contribution in [2.24, 2.45) is 0 Å². The van der Waals surface area contributed by atoms with Crippen molar-refractivity contribution in [1.29, 1.82) is 5.26 Å². The number of nitrogens with one attached hydrogen (secondary N) is 1. The van der Waals surface area contributed by atoms with Gasteiger partial charge in [-0.15, -0.1) is 0 Å². The van der Waals surface area contributed by atoms with Crippen LogP contribution in [-0.2, 0) is 6.61 Å². The standard InChI is InChI=1S/C25H19FIN3O2/c1-15-6-7-21-22(8-15)30-25(29-21)18(13-28)9-17-11-20(27)24(23(12-17)31-2)32-14-16-4-3-5-19(26)10-16/h3-12H,14H2,1-2H3,(H,29,30)/b18-9-. The lowest BCUT2D eigenvalue weighted by molar-refractivity contribution is 0.282. The lowest BCUT2D eigenvalue weighted by atomic mass is 10.1. The molecular formula is C25H19FIN3O2. The molecule has 0 aliphatic heterocycles. The van der Waals surface area contributed by atoms with Crippen LogP contribution in [0.2, 0.25) is 0 Å². The van der Waals surface area contributed by atoms with E-state index in [1.807, 2.05) is 31.2 Å². The molecule has 0 bridgehead atoms. The van der Waals surface area contributed by atoms with E-state index in [1.54, 1.807) is 31.4 Å². The van der Waals surface area contributed by atoms with Crippen LogP contribution in [0.25, 0.3) is 22.7 Å². The van der Waals surface area contributed by atoms with Crippen LogP contribution in [0.3, 0.4) is 0 Å². The molecule has 1 aromatic heterocycles. The highest BCUT2D eigenvalue weighted by Gasteiger charge is 2.14. The summed E-state index contributed by atoms with van der Waals surface area (Å²) in [5.41, 5.74) is 4.71. The molecule has 0 spiro atoms. The molecule has 32 heavy (non-hydrogen) atoms. The SMILES string of the molecule is COc1cc(/C=C(/C#N)c2nc3ccc(C)cc3[nH]2)cc(I)c1OCc1cccc(F)c1. The predicted molar refractivity (Wildman–Crippen MR) is 131 cm³/mol. The molecule has 0 unspecified atom stereocenters. The Labute approximate surface area is 198 Å². The van der Waals surface area contributed by atoms with Crippen molar-refractivity contribution in [2.75, 3.05) is 7.11 Å². The zero-order chi connectivity index (χ0) is 22.7. The molecule has 3 aromatic carbocycles. The van der Waals surface area contributed by atoms with Gasteiger partial charge in [0.1, 0.15) is 24.3 Å². The predicted octanol–water partition coefficient (Wildman–Crippen LogP) is 6.27. The number of methoxy groups -OCH3 is 1. The van der Waals surface area contributed by atoms with Crippen molar-refractivity contribution in [3.05, 3.63) is 86.5 Å². The number of aryl methyl sites for hydroxylation is 1. The van der Waals surface area contributed by atoms with Gasteiger partial charge in [-0.1, -0.05) is 18.2 Å². The fraction of sp³-hybridized carbons (Fsp3) is 0.120. The second-order valence-electron chi connectivity index (χ2n) is 7.23. The van der Waals surface area contributed by atoms with Crippen LogP contribution in [0.5, 0.6) is 11.5 Å². The van der Waals surface area contributed by atoms with Crippen molar-refractivity contribution >= 4 is 45.3 Å². The van der Waals surface area contributed by atoms with Gasteiger partial charge in [0.2, 0.25) is 0 Å². The molecule has 0 atom stereocenters. The summed E-state index contributed by atoms with van der Waals surface area (Å²) in [7, 11) is 1.56. The number of benzene rings is 3. The summed E-state index contributed by atoms with van der Waals surface area (Å²) in [6.45, 7) is 2.22. The maximum atomic E-state index is 13.4. The highest BCUT2D eigenvalue weighted by atomic mass is 127. The number of nitriles is 1. The summed E-state index contributed by atoms with van der Waals surface area (Å²) in [5, 5.41) is 9.74. The van der Waals surface area contributed by atoms with Crippen LogP contribution in [-0.4, -0.2) is 17.1 Å². The third-order valence-electron chi connectivity index (χ3n) is 4.85. The van der Waals surface area contributed by atoms with E-state index in [0.717, 1.165) is 31.3 Å². The fourth-order valence-electron chi connectivity index (χ4n) is 3.32. The lowest BCUT2D eigenvalue weighted by Gasteiger charge is -2.14. The van der Waals surface area contributed by atoms with Gasteiger partial charge in [0.05, 0.1) is 27.3 Å². The maximum absolute atomic E-state index is 13.4. The molecule has 0 saturated carbocycles. The number of nitrogens with zero attached hydrogens (tertiary/aromatic N) is 2. The molecular weight excluding hydrogens is 520 g/mol. The van der Waals surface area contributed by atoms with E-state index in [9.17, 15) is 9.65 Å². The highest BCUT2D eigenvalue weighted by Crippen LogP contribution is 2.35. The Balaban J connectivity index is 1.64. The minimum Gasteiger partial charge on any atom is -0.493 e. The van der Waals surface area contributed by atoms with E-state index in [-0.39, 0.29) is 12.4 Å². The monoisotopic (exact) mass is 539 g/mol. The zero-order valence-corrected chi connectivity index (χ0v) is 19.6. The van der Waals surface area contributed by atoms with Crippen LogP contribution >= 0.6 is 22.6 Å². The quantitative estimate of drug-likeness (QED) is 0.232. The normalized spacial score (nSPS) is 11.4. The Morgan fingerprint density at radius 3 is 2.81 bits per heavy atom. The Kier molecular flexibility index (Phi) is 6.42. The van der Waals surface area contributed by atoms with Crippen molar-refractivity contribution in [1.82, 2.24) is 9.97 Å². The molecule has 0 fully saturated rings. The minimum atomic E-state index is -0.307. The number of aromatic amines is 1. The van der Waals surface area contributed by atoms with Gasteiger partial charge < -0.3 is 14.5 Å². The van der Waals surface area contributed by atoms with Gasteiger partial charge in [-0.05, 0) is 88.7 Å². The van der Waals surface area contributed by atoms with E-state index in [4.69, 9.17) is 9.47 Å². The Bertz CT molecular complexity index is 1370. The minimum absolute atomic E-state index is 0.209. The number of imidazole rings is 1. The van der Waals surface area contributed by atoms with E-state index in [0.29, 0.717) is 22.9 Å². The van der Waals surface area contributed by atoms with Crippen LogP contribution in [0.15, 0.2) is 54.6 Å². The van der Waals surface area contributed by atoms with Gasteiger partial charge in [0, 0.05) is 0 Å². The molecule has 1 N–H and O–H groups in total. The average Bonchev–Trinajstić information content (AvgIpc) is 3.19. The van der Waals surface area contributed by atoms with E-state index < -0.39 is 0 Å². The molecule has 4 aromatic rings. The second-order valence-corrected chi connectivity index (χ2v) is 8.39. The summed E-state index contributed by atoms with van der Waals surface area (Å²) in [4.78, 5) is 7.75. The van der Waals surface area contributed by atoms with Crippen molar-refractivity contribution in [3.8, 4) is 17.6 Å². The van der Waals surface area contributed by atoms with Crippen molar-refractivity contribution in [3.63, 3.8) is 0 Å². The number of allylic oxidation sites excluding steroid dienone is 1. The smallest absolute Gasteiger partial charge is 0.174 e. The summed E-state index contributed by atoms with van der Waals surface area (Å²) < 4.78 is 25.7. The third kappa shape index (κ3) is 4.75. The second kappa shape index (κ2) is 9.40. The first-order valence-corrected chi connectivity index (χ1v) is 10.9. The number of aromatic nitrogens is 2. The molecule has 0 aliphatic carbocycles. The summed E-state index contributed by atoms with van der Waals surface area (Å²) in [6, 6.07) is 18.1. The number of hydrogen-bond acceptors (Lipinski definition) is 4. The Morgan fingerprint density at radius 1 is 1.22 bits per heavy atom. The largest absolute Gasteiger partial charge is 0.493 e. The molecule has 5 nitrogen and oxygen atoms in total. The molecule has 7 heteroatoms. The molecule has 0 saturated heterocycles. The fourth-order valence-corrected chi connectivity index (χ4v) is 4.10. The molecule has 4 rings (SSSR count). The van der Waals surface area contributed by atoms with Gasteiger partial charge in [-0.2, -0.15) is 5.26 Å². The third-order valence-corrected chi connectivity index (χ3v) is 5.65. The Hall–Kier alpha value is -3.38. The zero-order valence-electron chi connectivity index (χ0n) is 17.4. The number of ether oxygens (including phenoxy) is 2. The van der Waals surface area contributed by atoms with Crippen LogP contribution in [0.1, 0.15) is 22.5 Å². The summed E-state index contributed by atoms with van der Waals surface area (Å²) >= 11 is 2.16. The molecule has 160 valence electrons. The first kappa shape index (κ1) is 21.8. The lowest BCUT2D eigenvalue weighted by Crippen LogP contribution is -2.00. The van der Waals surface area contributed by atoms with E-state index >= 15 is 0 Å². The number of halogens is 2. The van der Waals surface area contributed by atoms with Crippen molar-refractivity contribution in [2.45, 2.75) is 13.5 Å². The molecule has 1 heterocycles. The Morgan fingerprint density at radius 2 is 2.06 bits per heavy atom. The number of fused-ring (bicyclic) bond motifs is 1. The maximum Gasteiger partial charge on any atom is 0.174 e. The van der Waals surface area contributed by atoms with Gasteiger partial charge in [-0.3, -0.25) is 0 Å². The van der Waals surface area contributed by atoms with Crippen molar-refractivity contribution < 1.29 is 13.9 Å². The molecule has 0 aliphatic rings. The van der Waals surface area contributed by atoms with Gasteiger partial charge in [0.25, 0.3) is 0 Å². The van der Waals surface area contributed by atoms with Gasteiger partial charge in [0.15, 0.2) is 11.5 Å². The highest BCUT2D eigenvalue weighted by molar-refractivity contribution is 14.1. The topological polar surface area (TPSA) is 70.9 Å². The van der Waals surface area contributed by atoms with E-state index in [2.05, 4.69) is 38.6 Å². The van der Waals surface area contributed by atoms with Crippen LogP contribution in [0, 0.1) is 27.6 Å². The van der Waals surface area contributed by atoms with E-state index in [1.165, 1.54) is 12.1 Å². The summed E-state index contributed by atoms with van der Waals surface area (Å²) in [6.07, 6.45) is 1.76. The van der Waals surface area contributed by atoms with Gasteiger partial charge in [-0.25, -0.2) is 9.37 Å². The summed E-state index contributed by atoms with van der Waals surface area (Å²) in [5.74, 6) is 1.29. The van der Waals surface area contributed by atoms with Crippen LogP contribution in [0.4, 0.5) is 4.39 Å². The number of H-pyrrole nitrogens is 1. The number of rotatable bonds is 6.